The van der Waals surface area contributed by atoms with Gasteiger partial charge in [-0.1, -0.05) is 30.3 Å². The first kappa shape index (κ1) is 19.4. The third-order valence-electron chi connectivity index (χ3n) is 4.17. The third kappa shape index (κ3) is 4.86. The van der Waals surface area contributed by atoms with Crippen LogP contribution in [0.25, 0.3) is 17.0 Å². The maximum absolute atomic E-state index is 13.6. The fourth-order valence-electron chi connectivity index (χ4n) is 2.46. The smallest absolute Gasteiger partial charge is 0.157 e. The second kappa shape index (κ2) is 8.08. The molecule has 6 heteroatoms. The van der Waals surface area contributed by atoms with Crippen molar-refractivity contribution in [2.45, 2.75) is 25.2 Å². The molecule has 2 aromatic carbocycles. The molecule has 1 atom stereocenters. The van der Waals surface area contributed by atoms with Crippen LogP contribution in [0.5, 0.6) is 5.75 Å². The Hall–Kier alpha value is -2.41. The maximum Gasteiger partial charge on any atom is 0.157 e. The van der Waals surface area contributed by atoms with Gasteiger partial charge in [0, 0.05) is 16.7 Å². The predicted molar refractivity (Wildman–Crippen MR) is 108 cm³/mol. The summed E-state index contributed by atoms with van der Waals surface area (Å²) in [4.78, 5) is 4.57. The first-order chi connectivity index (χ1) is 12.8. The lowest BCUT2D eigenvalue weighted by Crippen LogP contribution is -2.35. The highest BCUT2D eigenvalue weighted by molar-refractivity contribution is 7.90. The summed E-state index contributed by atoms with van der Waals surface area (Å²) in [6.07, 6.45) is 3.49. The van der Waals surface area contributed by atoms with Crippen molar-refractivity contribution in [3.05, 3.63) is 77.7 Å². The predicted octanol–water partition coefficient (Wildman–Crippen LogP) is 4.37. The van der Waals surface area contributed by atoms with Crippen LogP contribution in [0.4, 0.5) is 4.39 Å². The van der Waals surface area contributed by atoms with Crippen molar-refractivity contribution in [1.29, 1.82) is 0 Å². The largest absolute Gasteiger partial charge is 0.598 e. The molecule has 140 valence electrons. The van der Waals surface area contributed by atoms with Crippen molar-refractivity contribution in [3.63, 3.8) is 0 Å². The quantitative estimate of drug-likeness (QED) is 0.641. The second-order valence-electron chi connectivity index (χ2n) is 6.72. The molecule has 0 aliphatic heterocycles. The van der Waals surface area contributed by atoms with Gasteiger partial charge in [-0.3, -0.25) is 0 Å². The first-order valence-corrected chi connectivity index (χ1v) is 9.69. The van der Waals surface area contributed by atoms with E-state index in [1.165, 1.54) is 12.1 Å². The van der Waals surface area contributed by atoms with E-state index < -0.39 is 16.1 Å². The molecule has 2 N–H and O–H groups in total. The van der Waals surface area contributed by atoms with Crippen molar-refractivity contribution in [3.8, 4) is 5.75 Å². The number of fused-ring (bicyclic) bond motifs is 1. The molecular formula is C21H21FN2O2S. The maximum atomic E-state index is 13.6. The van der Waals surface area contributed by atoms with Gasteiger partial charge in [-0.05, 0) is 55.8 Å². The molecule has 0 spiro atoms. The lowest BCUT2D eigenvalue weighted by molar-refractivity contribution is 0.305. The highest BCUT2D eigenvalue weighted by Crippen LogP contribution is 2.27. The van der Waals surface area contributed by atoms with E-state index in [9.17, 15) is 8.94 Å². The molecule has 0 saturated carbocycles. The number of benzene rings is 2. The minimum absolute atomic E-state index is 0.332. The summed E-state index contributed by atoms with van der Waals surface area (Å²) in [6.45, 7) is 3.91. The Bertz CT molecular complexity index is 959. The molecule has 0 fully saturated rings. The van der Waals surface area contributed by atoms with Gasteiger partial charge in [0.25, 0.3) is 0 Å². The van der Waals surface area contributed by atoms with Crippen LogP contribution in [0.1, 0.15) is 25.1 Å². The van der Waals surface area contributed by atoms with E-state index in [0.29, 0.717) is 29.0 Å². The minimum atomic E-state index is -1.52. The zero-order valence-electron chi connectivity index (χ0n) is 15.2. The fraction of sp³-hybridized carbons (Fsp3) is 0.190. The Labute approximate surface area is 161 Å². The van der Waals surface area contributed by atoms with Gasteiger partial charge in [0.15, 0.2) is 4.75 Å². The van der Waals surface area contributed by atoms with Crippen LogP contribution in [-0.2, 0) is 18.0 Å². The number of pyridine rings is 1. The molecular weight excluding hydrogens is 363 g/mol. The summed E-state index contributed by atoms with van der Waals surface area (Å²) in [5, 5.41) is 6.19. The molecule has 1 unspecified atom stereocenters. The number of hydrogen-bond acceptors (Lipinski definition) is 4. The van der Waals surface area contributed by atoms with E-state index in [2.05, 4.69) is 4.98 Å². The van der Waals surface area contributed by atoms with E-state index in [1.54, 1.807) is 38.1 Å². The average Bonchev–Trinajstić information content (AvgIpc) is 2.65. The number of nitrogens with zero attached hydrogens (tertiary/aromatic N) is 1. The molecule has 3 rings (SSSR count). The number of hydrogen-bond donors (Lipinski definition) is 1. The summed E-state index contributed by atoms with van der Waals surface area (Å²) < 4.78 is 30.5. The molecule has 0 aliphatic carbocycles. The molecule has 3 aromatic rings. The lowest BCUT2D eigenvalue weighted by atomic mass is 10.1. The van der Waals surface area contributed by atoms with Crippen LogP contribution in [0, 0.1) is 5.82 Å². The van der Waals surface area contributed by atoms with Crippen molar-refractivity contribution in [2.24, 2.45) is 5.14 Å². The Morgan fingerprint density at radius 3 is 2.63 bits per heavy atom. The van der Waals surface area contributed by atoms with Crippen molar-refractivity contribution < 1.29 is 13.7 Å². The first-order valence-electron chi connectivity index (χ1n) is 8.48. The van der Waals surface area contributed by atoms with E-state index >= 15 is 0 Å². The molecule has 0 amide bonds. The van der Waals surface area contributed by atoms with Gasteiger partial charge in [-0.25, -0.2) is 9.37 Å². The molecule has 1 heterocycles. The Morgan fingerprint density at radius 2 is 1.93 bits per heavy atom. The van der Waals surface area contributed by atoms with Crippen molar-refractivity contribution >= 4 is 28.3 Å². The molecule has 27 heavy (non-hydrogen) atoms. The number of nitrogens with two attached hydrogens (primary N) is 1. The summed E-state index contributed by atoms with van der Waals surface area (Å²) in [5.41, 5.74) is 2.23. The van der Waals surface area contributed by atoms with Gasteiger partial charge < -0.3 is 9.29 Å². The molecule has 0 aliphatic rings. The van der Waals surface area contributed by atoms with Crippen molar-refractivity contribution in [1.82, 2.24) is 4.98 Å². The zero-order valence-corrected chi connectivity index (χ0v) is 16.0. The molecule has 1 aromatic heterocycles. The highest BCUT2D eigenvalue weighted by atomic mass is 32.2. The van der Waals surface area contributed by atoms with Crippen LogP contribution < -0.4 is 9.88 Å². The van der Waals surface area contributed by atoms with Gasteiger partial charge in [-0.2, -0.15) is 5.14 Å². The number of aromatic nitrogens is 1. The summed E-state index contributed by atoms with van der Waals surface area (Å²) in [6, 6.07) is 15.9. The average molecular weight is 384 g/mol. The van der Waals surface area contributed by atoms with Gasteiger partial charge in [0.1, 0.15) is 23.9 Å². The molecule has 0 radical (unpaired) electrons. The van der Waals surface area contributed by atoms with Crippen LogP contribution in [-0.4, -0.2) is 14.3 Å². The van der Waals surface area contributed by atoms with E-state index in [1.807, 2.05) is 30.3 Å². The Balaban J connectivity index is 1.98. The van der Waals surface area contributed by atoms with Gasteiger partial charge in [0.2, 0.25) is 0 Å². The van der Waals surface area contributed by atoms with E-state index in [-0.39, 0.29) is 5.82 Å². The number of rotatable bonds is 6. The zero-order chi connectivity index (χ0) is 19.4. The van der Waals surface area contributed by atoms with Crippen LogP contribution in [0.2, 0.25) is 0 Å². The van der Waals surface area contributed by atoms with E-state index in [4.69, 9.17) is 9.88 Å². The molecule has 0 bridgehead atoms. The van der Waals surface area contributed by atoms with Gasteiger partial charge in [0.05, 0.1) is 5.52 Å². The van der Waals surface area contributed by atoms with Crippen molar-refractivity contribution in [2.75, 3.05) is 0 Å². The number of halogens is 1. The normalized spacial score (nSPS) is 13.2. The highest BCUT2D eigenvalue weighted by Gasteiger charge is 2.26. The summed E-state index contributed by atoms with van der Waals surface area (Å²) >= 11 is -1.52. The summed E-state index contributed by atoms with van der Waals surface area (Å²) in [7, 11) is 0. The lowest BCUT2D eigenvalue weighted by Gasteiger charge is -2.20. The summed E-state index contributed by atoms with van der Waals surface area (Å²) in [5.74, 6) is 0.188. The molecule has 4 nitrogen and oxygen atoms in total. The van der Waals surface area contributed by atoms with Gasteiger partial charge in [-0.15, -0.1) is 0 Å². The second-order valence-corrected chi connectivity index (χ2v) is 8.36. The van der Waals surface area contributed by atoms with Crippen LogP contribution in [0.15, 0.2) is 60.7 Å². The van der Waals surface area contributed by atoms with Crippen LogP contribution >= 0.6 is 0 Å². The minimum Gasteiger partial charge on any atom is -0.598 e. The fourth-order valence-corrected chi connectivity index (χ4v) is 2.66. The monoisotopic (exact) mass is 384 g/mol. The Kier molecular flexibility index (Phi) is 5.79. The Morgan fingerprint density at radius 1 is 1.19 bits per heavy atom. The van der Waals surface area contributed by atoms with E-state index in [0.717, 1.165) is 5.56 Å². The standard InChI is InChI=1S/C21H21FN2O2S/c1-21(2,27(23)25)11-10-19-20(26-14-15-6-4-3-5-7-15)13-16-12-17(22)8-9-18(16)24-19/h3-13H,14,23H2,1-2H3/b11-10+. The molecule has 0 saturated heterocycles. The van der Waals surface area contributed by atoms with Gasteiger partial charge >= 0.3 is 0 Å². The SMILES string of the molecule is CC(C)(/C=C/c1nc2ccc(F)cc2cc1OCc1ccccc1)[S+](N)[O-]. The van der Waals surface area contributed by atoms with Crippen LogP contribution in [0.3, 0.4) is 0 Å². The number of ether oxygens (including phenoxy) is 1. The third-order valence-corrected chi connectivity index (χ3v) is 5.34. The topological polar surface area (TPSA) is 71.2 Å².